The Bertz CT molecular complexity index is 1010. The molecule has 0 saturated carbocycles. The summed E-state index contributed by atoms with van der Waals surface area (Å²) in [6.45, 7) is 2.16. The first kappa shape index (κ1) is 24.1. The zero-order valence-corrected chi connectivity index (χ0v) is 17.7. The van der Waals surface area contributed by atoms with Gasteiger partial charge in [-0.25, -0.2) is 9.78 Å². The Labute approximate surface area is 187 Å². The number of rotatable bonds is 2. The molecule has 12 heteroatoms. The summed E-state index contributed by atoms with van der Waals surface area (Å²) in [5.74, 6) is -2.78. The molecule has 4 rings (SSSR count). The summed E-state index contributed by atoms with van der Waals surface area (Å²) in [5.41, 5.74) is 1.03. The Morgan fingerprint density at radius 2 is 1.79 bits per heavy atom. The third-order valence-corrected chi connectivity index (χ3v) is 5.65. The molecule has 2 aliphatic heterocycles. The van der Waals surface area contributed by atoms with Crippen molar-refractivity contribution in [1.82, 2.24) is 19.8 Å². The summed E-state index contributed by atoms with van der Waals surface area (Å²) < 4.78 is 31.7. The minimum Gasteiger partial charge on any atom is -0.475 e. The van der Waals surface area contributed by atoms with Crippen molar-refractivity contribution in [3.8, 4) is 0 Å². The van der Waals surface area contributed by atoms with Gasteiger partial charge < -0.3 is 14.9 Å². The number of para-hydroxylation sites is 1. The number of likely N-dealkylation sites (tertiary alicyclic amines) is 1. The van der Waals surface area contributed by atoms with Crippen LogP contribution in [0.15, 0.2) is 48.9 Å². The van der Waals surface area contributed by atoms with Crippen LogP contribution in [0.2, 0.25) is 0 Å². The van der Waals surface area contributed by atoms with E-state index in [4.69, 9.17) is 9.90 Å². The van der Waals surface area contributed by atoms with Crippen LogP contribution >= 0.6 is 0 Å². The number of aliphatic carboxylic acids is 1. The quantitative estimate of drug-likeness (QED) is 0.719. The van der Waals surface area contributed by atoms with Gasteiger partial charge in [-0.15, -0.1) is 0 Å². The zero-order chi connectivity index (χ0) is 24.2. The van der Waals surface area contributed by atoms with Crippen LogP contribution in [0.3, 0.4) is 0 Å². The number of nitrogens with zero attached hydrogens (tertiary/aromatic N) is 5. The van der Waals surface area contributed by atoms with Crippen molar-refractivity contribution in [3.63, 3.8) is 0 Å². The summed E-state index contributed by atoms with van der Waals surface area (Å²) in [6, 6.07) is 9.72. The topological polar surface area (TPSA) is 107 Å². The van der Waals surface area contributed by atoms with E-state index in [1.807, 2.05) is 47.2 Å². The molecular weight excluding hydrogens is 443 g/mol. The predicted octanol–water partition coefficient (Wildman–Crippen LogP) is 1.67. The molecule has 1 spiro atoms. The number of halogens is 3. The number of amides is 2. The molecule has 1 aromatic heterocycles. The van der Waals surface area contributed by atoms with Gasteiger partial charge in [0.25, 0.3) is 5.91 Å². The lowest BCUT2D eigenvalue weighted by atomic mass is 9.92. The second-order valence-corrected chi connectivity index (χ2v) is 7.77. The van der Waals surface area contributed by atoms with Crippen molar-refractivity contribution in [2.24, 2.45) is 0 Å². The number of carboxylic acids is 1. The lowest BCUT2D eigenvalue weighted by molar-refractivity contribution is -0.192. The molecule has 1 unspecified atom stereocenters. The van der Waals surface area contributed by atoms with Gasteiger partial charge in [-0.05, 0) is 25.6 Å². The fourth-order valence-electron chi connectivity index (χ4n) is 3.84. The molecule has 9 nitrogen and oxygen atoms in total. The van der Waals surface area contributed by atoms with Gasteiger partial charge in [0.1, 0.15) is 5.69 Å². The van der Waals surface area contributed by atoms with E-state index >= 15 is 0 Å². The molecule has 3 heterocycles. The van der Waals surface area contributed by atoms with Crippen LogP contribution < -0.4 is 4.90 Å². The van der Waals surface area contributed by atoms with Gasteiger partial charge in [0.15, 0.2) is 0 Å². The van der Waals surface area contributed by atoms with E-state index in [9.17, 15) is 22.8 Å². The molecule has 176 valence electrons. The van der Waals surface area contributed by atoms with Crippen molar-refractivity contribution >= 4 is 23.5 Å². The third-order valence-electron chi connectivity index (χ3n) is 5.65. The second-order valence-electron chi connectivity index (χ2n) is 7.77. The fraction of sp³-hybridized carbons (Fsp3) is 0.381. The predicted molar refractivity (Wildman–Crippen MR) is 110 cm³/mol. The number of benzene rings is 1. The highest BCUT2D eigenvalue weighted by Crippen LogP contribution is 2.33. The molecule has 1 aromatic carbocycles. The van der Waals surface area contributed by atoms with Crippen molar-refractivity contribution in [2.45, 2.75) is 18.1 Å². The highest BCUT2D eigenvalue weighted by molar-refractivity contribution is 5.96. The standard InChI is InChI=1S/C19H21N5O2.C2HF3O2/c1-22-12-17(25)24(15-5-3-2-4-6-15)14-19(22)7-10-23(13-19)18(26)16-11-20-8-9-21-16;3-2(4,5)1(6)7/h2-6,8-9,11H,7,10,12-14H2,1H3;(H,6,7). The van der Waals surface area contributed by atoms with Gasteiger partial charge in [-0.2, -0.15) is 13.2 Å². The van der Waals surface area contributed by atoms with Crippen molar-refractivity contribution in [3.05, 3.63) is 54.6 Å². The lowest BCUT2D eigenvalue weighted by Crippen LogP contribution is -2.64. The molecule has 2 aliphatic rings. The Morgan fingerprint density at radius 1 is 1.12 bits per heavy atom. The van der Waals surface area contributed by atoms with Gasteiger partial charge >= 0.3 is 12.1 Å². The van der Waals surface area contributed by atoms with Crippen LogP contribution in [0, 0.1) is 0 Å². The van der Waals surface area contributed by atoms with Crippen LogP contribution in [-0.4, -0.2) is 87.6 Å². The summed E-state index contributed by atoms with van der Waals surface area (Å²) in [7, 11) is 1.97. The summed E-state index contributed by atoms with van der Waals surface area (Å²) in [5, 5.41) is 7.12. The smallest absolute Gasteiger partial charge is 0.475 e. The van der Waals surface area contributed by atoms with Crippen LogP contribution in [0.1, 0.15) is 16.9 Å². The van der Waals surface area contributed by atoms with Gasteiger partial charge in [0.2, 0.25) is 5.91 Å². The average Bonchev–Trinajstić information content (AvgIpc) is 3.22. The Hall–Kier alpha value is -3.54. The number of anilines is 1. The number of likely N-dealkylation sites (N-methyl/N-ethyl adjacent to an activating group) is 1. The summed E-state index contributed by atoms with van der Waals surface area (Å²) in [6.07, 6.45) is 0.325. The zero-order valence-electron chi connectivity index (χ0n) is 17.7. The maximum atomic E-state index is 12.7. The molecule has 33 heavy (non-hydrogen) atoms. The third kappa shape index (κ3) is 5.45. The van der Waals surface area contributed by atoms with Gasteiger partial charge in [0, 0.05) is 37.7 Å². The van der Waals surface area contributed by atoms with Crippen LogP contribution in [0.25, 0.3) is 0 Å². The van der Waals surface area contributed by atoms with E-state index in [1.165, 1.54) is 12.4 Å². The second kappa shape index (κ2) is 9.53. The molecular formula is C21H22F3N5O4. The lowest BCUT2D eigenvalue weighted by Gasteiger charge is -2.46. The maximum absolute atomic E-state index is 12.7. The molecule has 2 amide bonds. The molecule has 2 fully saturated rings. The summed E-state index contributed by atoms with van der Waals surface area (Å²) >= 11 is 0. The number of carboxylic acid groups (broad SMARTS) is 1. The summed E-state index contributed by atoms with van der Waals surface area (Å²) in [4.78, 5) is 48.0. The highest BCUT2D eigenvalue weighted by atomic mass is 19.4. The van der Waals surface area contributed by atoms with E-state index in [0.29, 0.717) is 31.9 Å². The number of carbonyl (C=O) groups is 3. The maximum Gasteiger partial charge on any atom is 0.490 e. The van der Waals surface area contributed by atoms with Crippen LogP contribution in [0.5, 0.6) is 0 Å². The number of alkyl halides is 3. The highest BCUT2D eigenvalue weighted by Gasteiger charge is 2.48. The van der Waals surface area contributed by atoms with Gasteiger partial charge in [0.05, 0.1) is 18.3 Å². The Balaban J connectivity index is 0.000000383. The minimum absolute atomic E-state index is 0.0861. The monoisotopic (exact) mass is 465 g/mol. The number of hydrogen-bond donors (Lipinski definition) is 1. The molecule has 2 saturated heterocycles. The number of hydrogen-bond acceptors (Lipinski definition) is 6. The van der Waals surface area contributed by atoms with Gasteiger partial charge in [-0.1, -0.05) is 18.2 Å². The van der Waals surface area contributed by atoms with E-state index < -0.39 is 12.1 Å². The Kier molecular flexibility index (Phi) is 6.96. The molecule has 0 radical (unpaired) electrons. The number of carbonyl (C=O) groups excluding carboxylic acids is 2. The number of aromatic nitrogens is 2. The number of piperazine rings is 1. The molecule has 0 bridgehead atoms. The molecule has 0 aliphatic carbocycles. The Morgan fingerprint density at radius 3 is 2.36 bits per heavy atom. The molecule has 1 N–H and O–H groups in total. The van der Waals surface area contributed by atoms with E-state index in [-0.39, 0.29) is 17.4 Å². The van der Waals surface area contributed by atoms with Gasteiger partial charge in [-0.3, -0.25) is 19.5 Å². The first-order valence-corrected chi connectivity index (χ1v) is 9.95. The van der Waals surface area contributed by atoms with E-state index in [2.05, 4.69) is 14.9 Å². The molecule has 1 atom stereocenters. The first-order valence-electron chi connectivity index (χ1n) is 9.95. The first-order chi connectivity index (χ1) is 15.5. The van der Waals surface area contributed by atoms with E-state index in [1.54, 1.807) is 6.20 Å². The minimum atomic E-state index is -5.08. The SMILES string of the molecule is CN1CC(=O)N(c2ccccc2)CC12CCN(C(=O)c1cnccn1)C2.O=C(O)C(F)(F)F. The average molecular weight is 465 g/mol. The largest absolute Gasteiger partial charge is 0.490 e. The van der Waals surface area contributed by atoms with Crippen molar-refractivity contribution in [1.29, 1.82) is 0 Å². The van der Waals surface area contributed by atoms with Crippen LogP contribution in [-0.2, 0) is 9.59 Å². The van der Waals surface area contributed by atoms with Crippen molar-refractivity contribution in [2.75, 3.05) is 38.1 Å². The van der Waals surface area contributed by atoms with Crippen molar-refractivity contribution < 1.29 is 32.7 Å². The molecule has 2 aromatic rings. The fourth-order valence-corrected chi connectivity index (χ4v) is 3.84. The van der Waals surface area contributed by atoms with E-state index in [0.717, 1.165) is 12.1 Å². The van der Waals surface area contributed by atoms with Crippen LogP contribution in [0.4, 0.5) is 18.9 Å². The normalized spacial score (nSPS) is 21.0.